The summed E-state index contributed by atoms with van der Waals surface area (Å²) in [7, 11) is 0. The molecule has 2 aliphatic rings. The molecule has 24 heavy (non-hydrogen) atoms. The Morgan fingerprint density at radius 2 is 1.71 bits per heavy atom. The summed E-state index contributed by atoms with van der Waals surface area (Å²) in [6.07, 6.45) is 3.08. The van der Waals surface area contributed by atoms with Crippen molar-refractivity contribution >= 4 is 34.6 Å². The molecule has 0 unspecified atom stereocenters. The second-order valence-electron chi connectivity index (χ2n) is 6.49. The van der Waals surface area contributed by atoms with Gasteiger partial charge in [-0.3, -0.25) is 14.6 Å². The smallest absolute Gasteiger partial charge is 0.185 e. The number of Topliss-reactive ketones (excluding diaryl/α,β-unsaturated/α-hetero) is 2. The zero-order chi connectivity index (χ0) is 17.4. The zero-order valence-electron chi connectivity index (χ0n) is 14.2. The summed E-state index contributed by atoms with van der Waals surface area (Å²) in [6, 6.07) is 5.75. The van der Waals surface area contributed by atoms with Gasteiger partial charge in [-0.1, -0.05) is 11.6 Å². The summed E-state index contributed by atoms with van der Waals surface area (Å²) < 4.78 is 0. The van der Waals surface area contributed by atoms with Crippen molar-refractivity contribution in [3.63, 3.8) is 0 Å². The molecule has 3 rings (SSSR count). The maximum absolute atomic E-state index is 12.4. The van der Waals surface area contributed by atoms with E-state index < -0.39 is 0 Å². The van der Waals surface area contributed by atoms with E-state index >= 15 is 0 Å². The fourth-order valence-electron chi connectivity index (χ4n) is 3.30. The molecular formula is C20H20ClNO2. The lowest BCUT2D eigenvalue weighted by Gasteiger charge is -2.18. The van der Waals surface area contributed by atoms with Crippen LogP contribution in [-0.2, 0) is 16.0 Å². The molecule has 3 nitrogen and oxygen atoms in total. The fourth-order valence-corrected chi connectivity index (χ4v) is 3.50. The number of hydrogen-bond donors (Lipinski definition) is 0. The summed E-state index contributed by atoms with van der Waals surface area (Å²) in [4.78, 5) is 29.2. The maximum Gasteiger partial charge on any atom is 0.185 e. The first-order valence-electron chi connectivity index (χ1n) is 8.20. The van der Waals surface area contributed by atoms with Gasteiger partial charge in [-0.25, -0.2) is 0 Å². The van der Waals surface area contributed by atoms with Gasteiger partial charge in [-0.15, -0.1) is 0 Å². The molecule has 0 radical (unpaired) electrons. The van der Waals surface area contributed by atoms with E-state index in [1.807, 2.05) is 18.2 Å². The van der Waals surface area contributed by atoms with Gasteiger partial charge in [0.25, 0.3) is 0 Å². The molecule has 1 aliphatic heterocycles. The van der Waals surface area contributed by atoms with Crippen LogP contribution < -0.4 is 0 Å². The molecule has 0 spiro atoms. The number of fused-ring (bicyclic) bond motifs is 1. The van der Waals surface area contributed by atoms with Crippen LogP contribution >= 0.6 is 11.6 Å². The van der Waals surface area contributed by atoms with E-state index in [9.17, 15) is 9.59 Å². The first-order chi connectivity index (χ1) is 11.4. The monoisotopic (exact) mass is 341 g/mol. The Morgan fingerprint density at radius 3 is 2.46 bits per heavy atom. The van der Waals surface area contributed by atoms with Gasteiger partial charge in [0.05, 0.1) is 5.69 Å². The average Bonchev–Trinajstić information content (AvgIpc) is 2.96. The Kier molecular flexibility index (Phi) is 4.55. The molecule has 1 heterocycles. The van der Waals surface area contributed by atoms with Gasteiger partial charge in [-0.05, 0) is 63.8 Å². The van der Waals surface area contributed by atoms with E-state index in [4.69, 9.17) is 11.6 Å². The van der Waals surface area contributed by atoms with Crippen LogP contribution in [0.15, 0.2) is 45.5 Å². The number of allylic oxidation sites excluding steroid dienone is 4. The minimum atomic E-state index is 0.00218. The van der Waals surface area contributed by atoms with Crippen molar-refractivity contribution in [3.05, 3.63) is 51.1 Å². The summed E-state index contributed by atoms with van der Waals surface area (Å²) in [5.74, 6) is 0.0235. The first-order valence-corrected chi connectivity index (χ1v) is 8.57. The van der Waals surface area contributed by atoms with E-state index in [2.05, 4.69) is 4.99 Å². The number of carbonyl (C=O) groups is 2. The molecule has 124 valence electrons. The highest BCUT2D eigenvalue weighted by atomic mass is 35.5. The molecule has 0 saturated carbocycles. The van der Waals surface area contributed by atoms with Crippen molar-refractivity contribution in [2.45, 2.75) is 46.5 Å². The normalized spacial score (nSPS) is 17.6. The molecule has 0 fully saturated rings. The Bertz CT molecular complexity index is 843. The lowest BCUT2D eigenvalue weighted by molar-refractivity contribution is -0.116. The third-order valence-corrected chi connectivity index (χ3v) is 5.15. The van der Waals surface area contributed by atoms with E-state index in [-0.39, 0.29) is 11.6 Å². The quantitative estimate of drug-likeness (QED) is 0.728. The molecular weight excluding hydrogens is 322 g/mol. The van der Waals surface area contributed by atoms with Crippen LogP contribution in [0.4, 0.5) is 5.69 Å². The van der Waals surface area contributed by atoms with Crippen LogP contribution in [0, 0.1) is 0 Å². The van der Waals surface area contributed by atoms with Crippen molar-refractivity contribution < 1.29 is 9.59 Å². The third kappa shape index (κ3) is 3.01. The van der Waals surface area contributed by atoms with Gasteiger partial charge < -0.3 is 0 Å². The number of aliphatic imine (C=N–C) groups is 1. The number of carbonyl (C=O) groups excluding carboxylic acids is 2. The van der Waals surface area contributed by atoms with Crippen LogP contribution in [0.2, 0.25) is 5.02 Å². The molecule has 0 N–H and O–H groups in total. The van der Waals surface area contributed by atoms with Gasteiger partial charge in [0.15, 0.2) is 11.6 Å². The Labute approximate surface area is 147 Å². The van der Waals surface area contributed by atoms with Crippen LogP contribution in [0.5, 0.6) is 0 Å². The highest BCUT2D eigenvalue weighted by Crippen LogP contribution is 2.31. The number of hydrogen-bond acceptors (Lipinski definition) is 3. The minimum Gasteiger partial charge on any atom is -0.289 e. The van der Waals surface area contributed by atoms with Gasteiger partial charge in [0, 0.05) is 39.4 Å². The molecule has 0 atom stereocenters. The molecule has 1 aliphatic carbocycles. The summed E-state index contributed by atoms with van der Waals surface area (Å²) in [6.45, 7) is 5.23. The van der Waals surface area contributed by atoms with Crippen molar-refractivity contribution in [1.82, 2.24) is 0 Å². The maximum atomic E-state index is 12.4. The molecule has 1 aromatic carbocycles. The highest BCUT2D eigenvalue weighted by Gasteiger charge is 2.27. The molecule has 0 amide bonds. The van der Waals surface area contributed by atoms with Crippen LogP contribution in [-0.4, -0.2) is 17.3 Å². The Morgan fingerprint density at radius 1 is 1.00 bits per heavy atom. The van der Waals surface area contributed by atoms with Gasteiger partial charge in [0.1, 0.15) is 0 Å². The third-order valence-electron chi connectivity index (χ3n) is 4.92. The lowest BCUT2D eigenvalue weighted by Crippen LogP contribution is -2.20. The predicted octanol–water partition coefficient (Wildman–Crippen LogP) is 4.94. The molecule has 0 bridgehead atoms. The van der Waals surface area contributed by atoms with Crippen molar-refractivity contribution in [2.24, 2.45) is 4.99 Å². The number of ketones is 2. The summed E-state index contributed by atoms with van der Waals surface area (Å²) >= 11 is 6.02. The average molecular weight is 342 g/mol. The molecule has 1 aromatic rings. The van der Waals surface area contributed by atoms with Crippen molar-refractivity contribution in [1.29, 1.82) is 0 Å². The lowest BCUT2D eigenvalue weighted by atomic mass is 9.84. The largest absolute Gasteiger partial charge is 0.289 e. The van der Waals surface area contributed by atoms with E-state index in [0.717, 1.165) is 41.2 Å². The minimum absolute atomic E-state index is 0.00218. The summed E-state index contributed by atoms with van der Waals surface area (Å²) in [5.41, 5.74) is 5.70. The number of halogens is 1. The Hall–Kier alpha value is -2.00. The second-order valence-corrected chi connectivity index (χ2v) is 6.93. The van der Waals surface area contributed by atoms with E-state index in [1.54, 1.807) is 20.8 Å². The summed E-state index contributed by atoms with van der Waals surface area (Å²) in [5, 5.41) is 0.731. The standard InChI is InChI=1S/C20H20ClNO2/c1-11-12(2)20(24)17(13(3)19(11)23)6-4-5-16-10-14-9-15(21)7-8-18(14)22-16/h7-9H,4-6,10H2,1-3H3. The van der Waals surface area contributed by atoms with Gasteiger partial charge in [-0.2, -0.15) is 0 Å². The van der Waals surface area contributed by atoms with Crippen LogP contribution in [0.25, 0.3) is 0 Å². The van der Waals surface area contributed by atoms with Gasteiger partial charge >= 0.3 is 0 Å². The number of rotatable bonds is 4. The van der Waals surface area contributed by atoms with Crippen molar-refractivity contribution in [2.75, 3.05) is 0 Å². The zero-order valence-corrected chi connectivity index (χ0v) is 15.0. The molecule has 0 aromatic heterocycles. The fraction of sp³-hybridized carbons (Fsp3) is 0.350. The van der Waals surface area contributed by atoms with Crippen molar-refractivity contribution in [3.8, 4) is 0 Å². The second kappa shape index (κ2) is 6.48. The molecule has 4 heteroatoms. The first kappa shape index (κ1) is 16.8. The van der Waals surface area contributed by atoms with Gasteiger partial charge in [0.2, 0.25) is 0 Å². The van der Waals surface area contributed by atoms with E-state index in [1.165, 1.54) is 0 Å². The topological polar surface area (TPSA) is 46.5 Å². The number of benzene rings is 1. The molecule has 0 saturated heterocycles. The predicted molar refractivity (Wildman–Crippen MR) is 97.2 cm³/mol. The van der Waals surface area contributed by atoms with E-state index in [0.29, 0.717) is 28.7 Å². The highest BCUT2D eigenvalue weighted by molar-refractivity contribution is 6.30. The van der Waals surface area contributed by atoms with Crippen LogP contribution in [0.1, 0.15) is 45.6 Å². The Balaban J connectivity index is 1.64. The SMILES string of the molecule is CC1=C(C)C(=O)C(CCCC2=Nc3ccc(Cl)cc3C2)=C(C)C1=O. The number of nitrogens with zero attached hydrogens (tertiary/aromatic N) is 1. The van der Waals surface area contributed by atoms with Crippen LogP contribution in [0.3, 0.4) is 0 Å².